The first-order chi connectivity index (χ1) is 9.22. The van der Waals surface area contributed by atoms with Gasteiger partial charge in [-0.2, -0.15) is 0 Å². The average molecular weight is 263 g/mol. The molecule has 2 N–H and O–H groups in total. The fraction of sp³-hybridized carbons (Fsp3) is 0.667. The van der Waals surface area contributed by atoms with Gasteiger partial charge in [0.25, 0.3) is 0 Å². The van der Waals surface area contributed by atoms with Crippen LogP contribution in [0, 0.1) is 0 Å². The van der Waals surface area contributed by atoms with Gasteiger partial charge in [0.1, 0.15) is 0 Å². The molecule has 1 aliphatic rings. The topological polar surface area (TPSA) is 51.4 Å². The summed E-state index contributed by atoms with van der Waals surface area (Å²) in [5.41, 5.74) is 7.36. The molecule has 0 aliphatic carbocycles. The van der Waals surface area contributed by atoms with Gasteiger partial charge in [-0.3, -0.25) is 9.88 Å². The average Bonchev–Trinajstić information content (AvgIpc) is 2.93. The number of hydrogen-bond donors (Lipinski definition) is 1. The molecule has 0 radical (unpaired) electrons. The molecule has 0 saturated carbocycles. The summed E-state index contributed by atoms with van der Waals surface area (Å²) in [6.07, 6.45) is 5.45. The van der Waals surface area contributed by atoms with Gasteiger partial charge in [-0.1, -0.05) is 13.0 Å². The van der Waals surface area contributed by atoms with Crippen molar-refractivity contribution < 1.29 is 4.74 Å². The highest BCUT2D eigenvalue weighted by Crippen LogP contribution is 2.24. The SMILES string of the molecule is CCC(N)C(c1ccccn1)N(C)CC1CCCO1. The first-order valence-corrected chi connectivity index (χ1v) is 7.20. The minimum Gasteiger partial charge on any atom is -0.377 e. The molecule has 2 heterocycles. The molecule has 3 atom stereocenters. The quantitative estimate of drug-likeness (QED) is 0.852. The van der Waals surface area contributed by atoms with E-state index >= 15 is 0 Å². The van der Waals surface area contributed by atoms with Crippen LogP contribution in [0.25, 0.3) is 0 Å². The second-order valence-corrected chi connectivity index (χ2v) is 5.35. The van der Waals surface area contributed by atoms with E-state index < -0.39 is 0 Å². The molecule has 1 aromatic rings. The van der Waals surface area contributed by atoms with Crippen LogP contribution in [-0.4, -0.2) is 42.2 Å². The van der Waals surface area contributed by atoms with Gasteiger partial charge in [0.2, 0.25) is 0 Å². The lowest BCUT2D eigenvalue weighted by atomic mass is 10.0. The number of nitrogens with zero attached hydrogens (tertiary/aromatic N) is 2. The van der Waals surface area contributed by atoms with Gasteiger partial charge in [0.05, 0.1) is 17.8 Å². The van der Waals surface area contributed by atoms with Crippen molar-refractivity contribution in [3.05, 3.63) is 30.1 Å². The van der Waals surface area contributed by atoms with Gasteiger partial charge in [-0.25, -0.2) is 0 Å². The molecule has 19 heavy (non-hydrogen) atoms. The van der Waals surface area contributed by atoms with Crippen LogP contribution in [0.2, 0.25) is 0 Å². The Kier molecular flexibility index (Phi) is 5.31. The number of hydrogen-bond acceptors (Lipinski definition) is 4. The Hall–Kier alpha value is -0.970. The highest BCUT2D eigenvalue weighted by Gasteiger charge is 2.27. The van der Waals surface area contributed by atoms with Crippen molar-refractivity contribution in [2.24, 2.45) is 5.73 Å². The number of ether oxygens (including phenoxy) is 1. The van der Waals surface area contributed by atoms with E-state index in [4.69, 9.17) is 10.5 Å². The molecule has 0 spiro atoms. The zero-order chi connectivity index (χ0) is 13.7. The summed E-state index contributed by atoms with van der Waals surface area (Å²) in [4.78, 5) is 6.78. The second-order valence-electron chi connectivity index (χ2n) is 5.35. The molecule has 1 fully saturated rings. The van der Waals surface area contributed by atoms with Crippen LogP contribution in [0.4, 0.5) is 0 Å². The predicted octanol–water partition coefficient (Wildman–Crippen LogP) is 1.97. The zero-order valence-corrected chi connectivity index (χ0v) is 12.0. The second kappa shape index (κ2) is 6.98. The molecular weight excluding hydrogens is 238 g/mol. The van der Waals surface area contributed by atoms with Gasteiger partial charge in [0.15, 0.2) is 0 Å². The Labute approximate surface area is 116 Å². The van der Waals surface area contributed by atoms with Gasteiger partial charge in [0, 0.05) is 25.4 Å². The number of rotatable bonds is 6. The fourth-order valence-corrected chi connectivity index (χ4v) is 2.77. The summed E-state index contributed by atoms with van der Waals surface area (Å²) in [6, 6.07) is 6.29. The minimum atomic E-state index is 0.0984. The molecule has 1 aliphatic heterocycles. The Morgan fingerprint density at radius 1 is 1.53 bits per heavy atom. The molecule has 0 bridgehead atoms. The van der Waals surface area contributed by atoms with E-state index in [0.29, 0.717) is 6.10 Å². The number of nitrogens with two attached hydrogens (primary N) is 1. The van der Waals surface area contributed by atoms with Crippen LogP contribution in [-0.2, 0) is 4.74 Å². The molecule has 4 nitrogen and oxygen atoms in total. The van der Waals surface area contributed by atoms with Crippen molar-refractivity contribution in [3.8, 4) is 0 Å². The summed E-state index contributed by atoms with van der Waals surface area (Å²) in [6.45, 7) is 3.95. The Morgan fingerprint density at radius 3 is 2.95 bits per heavy atom. The minimum absolute atomic E-state index is 0.0984. The third-order valence-electron chi connectivity index (χ3n) is 3.86. The molecule has 3 unspecified atom stereocenters. The third-order valence-corrected chi connectivity index (χ3v) is 3.86. The van der Waals surface area contributed by atoms with Crippen LogP contribution in [0.5, 0.6) is 0 Å². The van der Waals surface area contributed by atoms with Crippen LogP contribution in [0.15, 0.2) is 24.4 Å². The van der Waals surface area contributed by atoms with E-state index in [2.05, 4.69) is 29.9 Å². The van der Waals surface area contributed by atoms with E-state index in [1.807, 2.05) is 18.3 Å². The normalized spacial score (nSPS) is 22.6. The molecule has 4 heteroatoms. The Morgan fingerprint density at radius 2 is 2.37 bits per heavy atom. The van der Waals surface area contributed by atoms with Crippen molar-refractivity contribution in [2.75, 3.05) is 20.2 Å². The molecular formula is C15H25N3O. The number of pyridine rings is 1. The lowest BCUT2D eigenvalue weighted by Crippen LogP contribution is -2.42. The molecule has 0 amide bonds. The van der Waals surface area contributed by atoms with E-state index in [9.17, 15) is 0 Å². The first-order valence-electron chi connectivity index (χ1n) is 7.20. The fourth-order valence-electron chi connectivity index (χ4n) is 2.77. The van der Waals surface area contributed by atoms with Crippen LogP contribution in [0.1, 0.15) is 37.9 Å². The van der Waals surface area contributed by atoms with Crippen molar-refractivity contribution >= 4 is 0 Å². The maximum absolute atomic E-state index is 6.30. The van der Waals surface area contributed by atoms with Crippen LogP contribution < -0.4 is 5.73 Å². The highest BCUT2D eigenvalue weighted by molar-refractivity contribution is 5.11. The van der Waals surface area contributed by atoms with E-state index in [0.717, 1.165) is 31.7 Å². The summed E-state index contributed by atoms with van der Waals surface area (Å²) in [5, 5.41) is 0. The highest BCUT2D eigenvalue weighted by atomic mass is 16.5. The van der Waals surface area contributed by atoms with Crippen molar-refractivity contribution in [2.45, 2.75) is 44.4 Å². The lowest BCUT2D eigenvalue weighted by molar-refractivity contribution is 0.0621. The summed E-state index contributed by atoms with van der Waals surface area (Å²) >= 11 is 0. The Balaban J connectivity index is 2.08. The monoisotopic (exact) mass is 263 g/mol. The molecule has 1 saturated heterocycles. The maximum Gasteiger partial charge on any atom is 0.0702 e. The molecule has 1 aromatic heterocycles. The van der Waals surface area contributed by atoms with Gasteiger partial charge in [-0.05, 0) is 38.4 Å². The Bertz CT molecular complexity index is 365. The largest absolute Gasteiger partial charge is 0.377 e. The predicted molar refractivity (Wildman–Crippen MR) is 76.8 cm³/mol. The van der Waals surface area contributed by atoms with Gasteiger partial charge < -0.3 is 10.5 Å². The molecule has 106 valence electrons. The van der Waals surface area contributed by atoms with Crippen LogP contribution >= 0.6 is 0 Å². The van der Waals surface area contributed by atoms with E-state index in [1.165, 1.54) is 6.42 Å². The van der Waals surface area contributed by atoms with Crippen LogP contribution in [0.3, 0.4) is 0 Å². The van der Waals surface area contributed by atoms with Gasteiger partial charge in [-0.15, -0.1) is 0 Å². The van der Waals surface area contributed by atoms with E-state index in [1.54, 1.807) is 0 Å². The summed E-state index contributed by atoms with van der Waals surface area (Å²) in [5.74, 6) is 0. The zero-order valence-electron chi connectivity index (χ0n) is 12.0. The van der Waals surface area contributed by atoms with Crippen molar-refractivity contribution in [1.82, 2.24) is 9.88 Å². The third kappa shape index (κ3) is 3.75. The molecule has 2 rings (SSSR count). The smallest absolute Gasteiger partial charge is 0.0702 e. The van der Waals surface area contributed by atoms with Crippen molar-refractivity contribution in [1.29, 1.82) is 0 Å². The summed E-state index contributed by atoms with van der Waals surface area (Å²) in [7, 11) is 2.12. The number of likely N-dealkylation sites (N-methyl/N-ethyl adjacent to an activating group) is 1. The van der Waals surface area contributed by atoms with E-state index in [-0.39, 0.29) is 12.1 Å². The number of aromatic nitrogens is 1. The van der Waals surface area contributed by atoms with Gasteiger partial charge >= 0.3 is 0 Å². The van der Waals surface area contributed by atoms with Crippen molar-refractivity contribution in [3.63, 3.8) is 0 Å². The lowest BCUT2D eigenvalue weighted by Gasteiger charge is -2.33. The maximum atomic E-state index is 6.30. The summed E-state index contributed by atoms with van der Waals surface area (Å²) < 4.78 is 5.72. The molecule has 0 aromatic carbocycles. The first kappa shape index (κ1) is 14.4. The standard InChI is InChI=1S/C15H25N3O/c1-3-13(16)15(14-8-4-5-9-17-14)18(2)11-12-7-6-10-19-12/h4-5,8-9,12-13,15H,3,6-7,10-11,16H2,1-2H3.